The zero-order valence-electron chi connectivity index (χ0n) is 16.9. The standard InChI is InChI=1S/C24H29N3O/c1-26(16-19-7-9-23-21(14-19)6-5-11-25-23)17-20-8-10-24(28-2)22(15-20)18-27-12-3-4-13-27/h5-11,14-15H,3-4,12-13,16-18H2,1-2H3. The predicted molar refractivity (Wildman–Crippen MR) is 114 cm³/mol. The lowest BCUT2D eigenvalue weighted by Crippen LogP contribution is -2.20. The number of likely N-dealkylation sites (tertiary alicyclic amines) is 1. The van der Waals surface area contributed by atoms with Gasteiger partial charge in [-0.25, -0.2) is 0 Å². The van der Waals surface area contributed by atoms with Crippen LogP contribution < -0.4 is 4.74 Å². The summed E-state index contributed by atoms with van der Waals surface area (Å²) in [7, 11) is 3.95. The summed E-state index contributed by atoms with van der Waals surface area (Å²) in [4.78, 5) is 9.29. The molecule has 0 unspecified atom stereocenters. The third-order valence-corrected chi connectivity index (χ3v) is 5.51. The minimum absolute atomic E-state index is 0.915. The number of nitrogens with zero attached hydrogens (tertiary/aromatic N) is 3. The van der Waals surface area contributed by atoms with Crippen molar-refractivity contribution in [2.75, 3.05) is 27.2 Å². The maximum absolute atomic E-state index is 5.61. The van der Waals surface area contributed by atoms with Crippen molar-refractivity contribution in [3.05, 3.63) is 71.4 Å². The van der Waals surface area contributed by atoms with E-state index in [-0.39, 0.29) is 0 Å². The molecule has 2 aromatic carbocycles. The lowest BCUT2D eigenvalue weighted by atomic mass is 10.1. The fourth-order valence-electron chi connectivity index (χ4n) is 4.14. The normalized spacial score (nSPS) is 14.8. The van der Waals surface area contributed by atoms with Crippen molar-refractivity contribution < 1.29 is 4.74 Å². The Balaban J connectivity index is 1.44. The average Bonchev–Trinajstić information content (AvgIpc) is 3.21. The Hall–Kier alpha value is -2.43. The van der Waals surface area contributed by atoms with Crippen LogP contribution in [-0.2, 0) is 19.6 Å². The van der Waals surface area contributed by atoms with Crippen LogP contribution in [0, 0.1) is 0 Å². The van der Waals surface area contributed by atoms with Crippen molar-refractivity contribution in [3.8, 4) is 5.75 Å². The zero-order valence-corrected chi connectivity index (χ0v) is 16.9. The summed E-state index contributed by atoms with van der Waals surface area (Å²) in [5.41, 5.74) is 5.00. The highest BCUT2D eigenvalue weighted by Gasteiger charge is 2.15. The Morgan fingerprint density at radius 2 is 1.75 bits per heavy atom. The first-order chi connectivity index (χ1) is 13.7. The lowest BCUT2D eigenvalue weighted by molar-refractivity contribution is 0.313. The number of methoxy groups -OCH3 is 1. The second-order valence-electron chi connectivity index (χ2n) is 7.83. The van der Waals surface area contributed by atoms with Gasteiger partial charge in [-0.2, -0.15) is 0 Å². The van der Waals surface area contributed by atoms with Crippen LogP contribution in [-0.4, -0.2) is 42.0 Å². The topological polar surface area (TPSA) is 28.6 Å². The van der Waals surface area contributed by atoms with Crippen molar-refractivity contribution >= 4 is 10.9 Å². The van der Waals surface area contributed by atoms with Crippen LogP contribution in [0.25, 0.3) is 10.9 Å². The van der Waals surface area contributed by atoms with Gasteiger partial charge in [0.05, 0.1) is 12.6 Å². The molecule has 0 aliphatic carbocycles. The Morgan fingerprint density at radius 3 is 2.54 bits per heavy atom. The first kappa shape index (κ1) is 18.9. The first-order valence-electron chi connectivity index (χ1n) is 10.1. The van der Waals surface area contributed by atoms with Gasteiger partial charge in [0.25, 0.3) is 0 Å². The van der Waals surface area contributed by atoms with E-state index in [1.807, 2.05) is 12.3 Å². The number of fused-ring (bicyclic) bond motifs is 1. The minimum Gasteiger partial charge on any atom is -0.496 e. The maximum Gasteiger partial charge on any atom is 0.123 e. The molecule has 0 radical (unpaired) electrons. The summed E-state index contributed by atoms with van der Waals surface area (Å²) in [6.45, 7) is 5.22. The Kier molecular flexibility index (Phi) is 5.89. The van der Waals surface area contributed by atoms with Crippen LogP contribution in [0.2, 0.25) is 0 Å². The Bertz CT molecular complexity index is 934. The molecule has 3 aromatic rings. The molecular weight excluding hydrogens is 346 g/mol. The van der Waals surface area contributed by atoms with E-state index < -0.39 is 0 Å². The number of pyridine rings is 1. The van der Waals surface area contributed by atoms with Crippen LogP contribution in [0.4, 0.5) is 0 Å². The van der Waals surface area contributed by atoms with Gasteiger partial charge >= 0.3 is 0 Å². The molecule has 1 saturated heterocycles. The molecule has 0 spiro atoms. The van der Waals surface area contributed by atoms with E-state index >= 15 is 0 Å². The van der Waals surface area contributed by atoms with Gasteiger partial charge in [0.2, 0.25) is 0 Å². The number of hydrogen-bond acceptors (Lipinski definition) is 4. The van der Waals surface area contributed by atoms with Crippen molar-refractivity contribution in [1.29, 1.82) is 0 Å². The average molecular weight is 376 g/mol. The van der Waals surface area contributed by atoms with Gasteiger partial charge < -0.3 is 4.74 Å². The van der Waals surface area contributed by atoms with E-state index in [9.17, 15) is 0 Å². The molecule has 146 valence electrons. The molecule has 1 fully saturated rings. The molecule has 4 rings (SSSR count). The number of benzene rings is 2. The smallest absolute Gasteiger partial charge is 0.123 e. The van der Waals surface area contributed by atoms with Crippen LogP contribution in [0.1, 0.15) is 29.5 Å². The predicted octanol–water partition coefficient (Wildman–Crippen LogP) is 4.47. The summed E-state index contributed by atoms with van der Waals surface area (Å²) in [5, 5.41) is 1.20. The molecule has 1 aromatic heterocycles. The Morgan fingerprint density at radius 1 is 1.00 bits per heavy atom. The number of rotatable bonds is 7. The van der Waals surface area contributed by atoms with Crippen LogP contribution in [0.15, 0.2) is 54.7 Å². The van der Waals surface area contributed by atoms with Gasteiger partial charge in [0.15, 0.2) is 0 Å². The first-order valence-corrected chi connectivity index (χ1v) is 10.1. The third kappa shape index (κ3) is 4.51. The summed E-state index contributed by atoms with van der Waals surface area (Å²) >= 11 is 0. The lowest BCUT2D eigenvalue weighted by Gasteiger charge is -2.20. The van der Waals surface area contributed by atoms with Crippen molar-refractivity contribution in [3.63, 3.8) is 0 Å². The largest absolute Gasteiger partial charge is 0.496 e. The molecule has 0 N–H and O–H groups in total. The van der Waals surface area contributed by atoms with Gasteiger partial charge in [0.1, 0.15) is 5.75 Å². The quantitative estimate of drug-likeness (QED) is 0.609. The molecule has 0 amide bonds. The van der Waals surface area contributed by atoms with E-state index in [4.69, 9.17) is 4.74 Å². The van der Waals surface area contributed by atoms with Crippen molar-refractivity contribution in [2.24, 2.45) is 0 Å². The molecule has 4 heteroatoms. The SMILES string of the molecule is COc1ccc(CN(C)Cc2ccc3ncccc3c2)cc1CN1CCCC1. The Labute approximate surface area is 167 Å². The van der Waals surface area contributed by atoms with Crippen molar-refractivity contribution in [2.45, 2.75) is 32.5 Å². The van der Waals surface area contributed by atoms with E-state index in [1.54, 1.807) is 7.11 Å². The molecule has 0 saturated carbocycles. The molecule has 4 nitrogen and oxygen atoms in total. The molecule has 2 heterocycles. The fourth-order valence-corrected chi connectivity index (χ4v) is 4.14. The van der Waals surface area contributed by atoms with E-state index in [0.717, 1.165) is 30.9 Å². The summed E-state index contributed by atoms with van der Waals surface area (Å²) in [6.07, 6.45) is 4.47. The molecule has 1 aliphatic rings. The van der Waals surface area contributed by atoms with E-state index in [1.165, 1.54) is 48.0 Å². The maximum atomic E-state index is 5.61. The van der Waals surface area contributed by atoms with Crippen LogP contribution >= 0.6 is 0 Å². The van der Waals surface area contributed by atoms with Crippen molar-refractivity contribution in [1.82, 2.24) is 14.8 Å². The zero-order chi connectivity index (χ0) is 19.3. The molecule has 28 heavy (non-hydrogen) atoms. The molecular formula is C24H29N3O. The summed E-state index contributed by atoms with van der Waals surface area (Å²) in [5.74, 6) is 1.00. The highest BCUT2D eigenvalue weighted by atomic mass is 16.5. The number of aromatic nitrogens is 1. The summed E-state index contributed by atoms with van der Waals surface area (Å²) < 4.78 is 5.61. The third-order valence-electron chi connectivity index (χ3n) is 5.51. The monoisotopic (exact) mass is 375 g/mol. The van der Waals surface area contributed by atoms with Crippen LogP contribution in [0.5, 0.6) is 5.75 Å². The highest BCUT2D eigenvalue weighted by molar-refractivity contribution is 5.78. The van der Waals surface area contributed by atoms with Gasteiger partial charge in [-0.3, -0.25) is 14.8 Å². The van der Waals surface area contributed by atoms with Gasteiger partial charge in [-0.1, -0.05) is 18.2 Å². The molecule has 0 bridgehead atoms. The molecule has 0 atom stereocenters. The van der Waals surface area contributed by atoms with E-state index in [2.05, 4.69) is 64.3 Å². The van der Waals surface area contributed by atoms with Gasteiger partial charge in [-0.15, -0.1) is 0 Å². The summed E-state index contributed by atoms with van der Waals surface area (Å²) in [6, 6.07) is 17.3. The minimum atomic E-state index is 0.915. The van der Waals surface area contributed by atoms with Gasteiger partial charge in [0, 0.05) is 36.8 Å². The second-order valence-corrected chi connectivity index (χ2v) is 7.83. The fraction of sp³-hybridized carbons (Fsp3) is 0.375. The number of ether oxygens (including phenoxy) is 1. The molecule has 1 aliphatic heterocycles. The van der Waals surface area contributed by atoms with Gasteiger partial charge in [-0.05, 0) is 74.4 Å². The number of hydrogen-bond donors (Lipinski definition) is 0. The second kappa shape index (κ2) is 8.72. The van der Waals surface area contributed by atoms with Crippen LogP contribution in [0.3, 0.4) is 0 Å². The highest BCUT2D eigenvalue weighted by Crippen LogP contribution is 2.24. The van der Waals surface area contributed by atoms with E-state index in [0.29, 0.717) is 0 Å².